The Morgan fingerprint density at radius 3 is 2.76 bits per heavy atom. The maximum Gasteiger partial charge on any atom is 0.231 e. The highest BCUT2D eigenvalue weighted by Crippen LogP contribution is 2.25. The largest absolute Gasteiger partial charge is 0.491 e. The SMILES string of the molecule is CC(C)Oc1ccc(-c2noc([C@H]3CCCNC3)n2)cc1. The number of rotatable bonds is 4. The van der Waals surface area contributed by atoms with Crippen LogP contribution in [0.1, 0.15) is 38.5 Å². The highest BCUT2D eigenvalue weighted by atomic mass is 16.5. The second-order valence-electron chi connectivity index (χ2n) is 5.69. The van der Waals surface area contributed by atoms with Gasteiger partial charge in [0.25, 0.3) is 0 Å². The Morgan fingerprint density at radius 2 is 2.10 bits per heavy atom. The van der Waals surface area contributed by atoms with Crippen molar-refractivity contribution in [3.8, 4) is 17.1 Å². The van der Waals surface area contributed by atoms with Gasteiger partial charge in [-0.05, 0) is 57.5 Å². The molecule has 0 saturated carbocycles. The zero-order chi connectivity index (χ0) is 14.7. The van der Waals surface area contributed by atoms with E-state index in [1.165, 1.54) is 0 Å². The molecule has 0 bridgehead atoms. The maximum absolute atomic E-state index is 5.63. The summed E-state index contributed by atoms with van der Waals surface area (Å²) in [5.41, 5.74) is 0.949. The van der Waals surface area contributed by atoms with E-state index in [0.29, 0.717) is 11.7 Å². The van der Waals surface area contributed by atoms with Gasteiger partial charge in [0.2, 0.25) is 11.7 Å². The summed E-state index contributed by atoms with van der Waals surface area (Å²) in [5.74, 6) is 2.57. The number of hydrogen-bond donors (Lipinski definition) is 1. The molecule has 1 aliphatic heterocycles. The number of aromatic nitrogens is 2. The van der Waals surface area contributed by atoms with Crippen molar-refractivity contribution >= 4 is 0 Å². The van der Waals surface area contributed by atoms with Crippen LogP contribution in [0.2, 0.25) is 0 Å². The van der Waals surface area contributed by atoms with E-state index in [1.807, 2.05) is 38.1 Å². The molecule has 2 heterocycles. The molecule has 0 amide bonds. The van der Waals surface area contributed by atoms with E-state index in [0.717, 1.165) is 43.1 Å². The first-order chi connectivity index (χ1) is 10.2. The van der Waals surface area contributed by atoms with Gasteiger partial charge >= 0.3 is 0 Å². The molecule has 5 heteroatoms. The molecular formula is C16H21N3O2. The van der Waals surface area contributed by atoms with Gasteiger partial charge in [-0.2, -0.15) is 4.98 Å². The molecule has 1 atom stereocenters. The monoisotopic (exact) mass is 287 g/mol. The van der Waals surface area contributed by atoms with Crippen LogP contribution in [0.15, 0.2) is 28.8 Å². The van der Waals surface area contributed by atoms with Crippen LogP contribution >= 0.6 is 0 Å². The number of piperidine rings is 1. The highest BCUT2D eigenvalue weighted by molar-refractivity contribution is 5.55. The van der Waals surface area contributed by atoms with Gasteiger partial charge in [-0.15, -0.1) is 0 Å². The van der Waals surface area contributed by atoms with Crippen LogP contribution in [0.5, 0.6) is 5.75 Å². The zero-order valence-corrected chi connectivity index (χ0v) is 12.5. The standard InChI is InChI=1S/C16H21N3O2/c1-11(2)20-14-7-5-12(6-8-14)15-18-16(21-19-15)13-4-3-9-17-10-13/h5-8,11,13,17H,3-4,9-10H2,1-2H3/t13-/m0/s1. The molecule has 5 nitrogen and oxygen atoms in total. The summed E-state index contributed by atoms with van der Waals surface area (Å²) in [4.78, 5) is 4.54. The summed E-state index contributed by atoms with van der Waals surface area (Å²) in [6, 6.07) is 7.80. The van der Waals surface area contributed by atoms with Crippen molar-refractivity contribution in [1.29, 1.82) is 0 Å². The normalized spacial score (nSPS) is 18.9. The molecule has 21 heavy (non-hydrogen) atoms. The Balaban J connectivity index is 1.73. The van der Waals surface area contributed by atoms with Gasteiger partial charge in [0.05, 0.1) is 12.0 Å². The lowest BCUT2D eigenvalue weighted by Crippen LogP contribution is -2.28. The predicted octanol–water partition coefficient (Wildman–Crippen LogP) is 2.99. The fraction of sp³-hybridized carbons (Fsp3) is 0.500. The number of hydrogen-bond acceptors (Lipinski definition) is 5. The summed E-state index contributed by atoms with van der Waals surface area (Å²) in [7, 11) is 0. The van der Waals surface area contributed by atoms with Crippen LogP contribution in [0.4, 0.5) is 0 Å². The second kappa shape index (κ2) is 6.26. The minimum atomic E-state index is 0.173. The first kappa shape index (κ1) is 14.1. The average molecular weight is 287 g/mol. The molecule has 1 aromatic heterocycles. The van der Waals surface area contributed by atoms with E-state index in [-0.39, 0.29) is 6.10 Å². The molecule has 0 radical (unpaired) electrons. The smallest absolute Gasteiger partial charge is 0.231 e. The van der Waals surface area contributed by atoms with Crippen LogP contribution < -0.4 is 10.1 Å². The Hall–Kier alpha value is -1.88. The summed E-state index contributed by atoms with van der Waals surface area (Å²) in [6.07, 6.45) is 2.44. The molecule has 1 fully saturated rings. The third-order valence-electron chi connectivity index (χ3n) is 3.57. The molecular weight excluding hydrogens is 266 g/mol. The molecule has 0 aliphatic carbocycles. The highest BCUT2D eigenvalue weighted by Gasteiger charge is 2.21. The van der Waals surface area contributed by atoms with E-state index in [1.54, 1.807) is 0 Å². The lowest BCUT2D eigenvalue weighted by Gasteiger charge is -2.18. The molecule has 1 aromatic carbocycles. The Morgan fingerprint density at radius 1 is 1.29 bits per heavy atom. The maximum atomic E-state index is 5.63. The van der Waals surface area contributed by atoms with Crippen LogP contribution in [0.25, 0.3) is 11.4 Å². The molecule has 1 aliphatic rings. The van der Waals surface area contributed by atoms with Gasteiger partial charge in [0.1, 0.15) is 5.75 Å². The van der Waals surface area contributed by atoms with Crippen molar-refractivity contribution in [3.05, 3.63) is 30.2 Å². The number of nitrogens with zero attached hydrogens (tertiary/aromatic N) is 2. The zero-order valence-electron chi connectivity index (χ0n) is 12.5. The molecule has 112 valence electrons. The van der Waals surface area contributed by atoms with E-state index < -0.39 is 0 Å². The third kappa shape index (κ3) is 3.42. The van der Waals surface area contributed by atoms with Crippen molar-refractivity contribution in [3.63, 3.8) is 0 Å². The fourth-order valence-corrected chi connectivity index (χ4v) is 2.54. The van der Waals surface area contributed by atoms with Gasteiger partial charge in [0.15, 0.2) is 0 Å². The molecule has 1 saturated heterocycles. The third-order valence-corrected chi connectivity index (χ3v) is 3.57. The van der Waals surface area contributed by atoms with Crippen LogP contribution in [-0.4, -0.2) is 29.3 Å². The minimum Gasteiger partial charge on any atom is -0.491 e. The molecule has 0 spiro atoms. The van der Waals surface area contributed by atoms with Gasteiger partial charge < -0.3 is 14.6 Å². The molecule has 0 unspecified atom stereocenters. The summed E-state index contributed by atoms with van der Waals surface area (Å²) < 4.78 is 11.1. The van der Waals surface area contributed by atoms with Crippen molar-refractivity contribution in [2.24, 2.45) is 0 Å². The van der Waals surface area contributed by atoms with Crippen LogP contribution in [-0.2, 0) is 0 Å². The van der Waals surface area contributed by atoms with Crippen molar-refractivity contribution < 1.29 is 9.26 Å². The Kier molecular flexibility index (Phi) is 4.20. The summed E-state index contributed by atoms with van der Waals surface area (Å²) >= 11 is 0. The number of ether oxygens (including phenoxy) is 1. The van der Waals surface area contributed by atoms with Crippen molar-refractivity contribution in [1.82, 2.24) is 15.5 Å². The minimum absolute atomic E-state index is 0.173. The summed E-state index contributed by atoms with van der Waals surface area (Å²) in [6.45, 7) is 6.02. The predicted molar refractivity (Wildman–Crippen MR) is 80.3 cm³/mol. The van der Waals surface area contributed by atoms with Crippen molar-refractivity contribution in [2.45, 2.75) is 38.7 Å². The molecule has 3 rings (SSSR count). The van der Waals surface area contributed by atoms with E-state index >= 15 is 0 Å². The summed E-state index contributed by atoms with van der Waals surface area (Å²) in [5, 5.41) is 7.46. The lowest BCUT2D eigenvalue weighted by atomic mass is 10.00. The second-order valence-corrected chi connectivity index (χ2v) is 5.69. The van der Waals surface area contributed by atoms with Crippen LogP contribution in [0.3, 0.4) is 0 Å². The fourth-order valence-electron chi connectivity index (χ4n) is 2.54. The van der Waals surface area contributed by atoms with E-state index in [9.17, 15) is 0 Å². The van der Waals surface area contributed by atoms with Crippen LogP contribution in [0, 0.1) is 0 Å². The van der Waals surface area contributed by atoms with E-state index in [4.69, 9.17) is 9.26 Å². The molecule has 2 aromatic rings. The van der Waals surface area contributed by atoms with Crippen molar-refractivity contribution in [2.75, 3.05) is 13.1 Å². The van der Waals surface area contributed by atoms with Gasteiger partial charge in [-0.1, -0.05) is 5.16 Å². The first-order valence-electron chi connectivity index (χ1n) is 7.54. The number of benzene rings is 1. The number of nitrogens with one attached hydrogen (secondary N) is 1. The molecule has 1 N–H and O–H groups in total. The topological polar surface area (TPSA) is 60.2 Å². The Bertz CT molecular complexity index is 571. The van der Waals surface area contributed by atoms with E-state index in [2.05, 4.69) is 15.5 Å². The van der Waals surface area contributed by atoms with Gasteiger partial charge in [-0.3, -0.25) is 0 Å². The average Bonchev–Trinajstić information content (AvgIpc) is 2.98. The lowest BCUT2D eigenvalue weighted by molar-refractivity contribution is 0.242. The quantitative estimate of drug-likeness (QED) is 0.936. The Labute approximate surface area is 124 Å². The van der Waals surface area contributed by atoms with Gasteiger partial charge in [-0.25, -0.2) is 0 Å². The first-order valence-corrected chi connectivity index (χ1v) is 7.54. The van der Waals surface area contributed by atoms with Gasteiger partial charge in [0, 0.05) is 12.1 Å².